The minimum absolute atomic E-state index is 0.0321. The van der Waals surface area contributed by atoms with Crippen molar-refractivity contribution in [2.24, 2.45) is 10.1 Å². The number of para-hydroxylation sites is 1. The molecule has 2 aliphatic rings. The van der Waals surface area contributed by atoms with Crippen LogP contribution in [0.4, 0.5) is 4.39 Å². The summed E-state index contributed by atoms with van der Waals surface area (Å²) in [7, 11) is 0. The van der Waals surface area contributed by atoms with Crippen LogP contribution >= 0.6 is 11.8 Å². The summed E-state index contributed by atoms with van der Waals surface area (Å²) in [4.78, 5) is 17.0. The number of nitrogens with zero attached hydrogens (tertiary/aromatic N) is 4. The largest absolute Gasteiger partial charge is 0.318 e. The number of hydrazone groups is 1. The van der Waals surface area contributed by atoms with Crippen LogP contribution in [-0.4, -0.2) is 31.5 Å². The number of carbonyl (C=O) groups excluding carboxylic acids is 1. The number of amidine groups is 2. The van der Waals surface area contributed by atoms with E-state index in [4.69, 9.17) is 5.41 Å². The van der Waals surface area contributed by atoms with Crippen LogP contribution in [0.2, 0.25) is 0 Å². The number of amides is 1. The van der Waals surface area contributed by atoms with E-state index in [0.717, 1.165) is 28.2 Å². The van der Waals surface area contributed by atoms with Crippen molar-refractivity contribution in [3.8, 4) is 5.69 Å². The SMILES string of the molecule is Cc1ccccc1-n1c(C)cc(/C=C2\C(=N)N3N=C(c4ccc(F)cc4)SC3=NC2=O)c1C. The fourth-order valence-corrected chi connectivity index (χ4v) is 4.87. The maximum absolute atomic E-state index is 13.3. The van der Waals surface area contributed by atoms with E-state index in [0.29, 0.717) is 15.8 Å². The number of nitrogens with one attached hydrogen (secondary N) is 1. The minimum Gasteiger partial charge on any atom is -0.318 e. The van der Waals surface area contributed by atoms with Crippen molar-refractivity contribution in [1.82, 2.24) is 9.58 Å². The van der Waals surface area contributed by atoms with Gasteiger partial charge in [-0.1, -0.05) is 18.2 Å². The number of benzene rings is 2. The molecule has 33 heavy (non-hydrogen) atoms. The second kappa shape index (κ2) is 7.97. The van der Waals surface area contributed by atoms with Gasteiger partial charge in [-0.05, 0) is 86.1 Å². The molecule has 0 atom stereocenters. The lowest BCUT2D eigenvalue weighted by molar-refractivity contribution is -0.114. The van der Waals surface area contributed by atoms with Gasteiger partial charge in [-0.2, -0.15) is 15.1 Å². The molecule has 0 spiro atoms. The van der Waals surface area contributed by atoms with Gasteiger partial charge in [0.15, 0.2) is 5.84 Å². The van der Waals surface area contributed by atoms with Crippen molar-refractivity contribution >= 4 is 39.8 Å². The monoisotopic (exact) mass is 457 g/mol. The molecule has 1 aromatic heterocycles. The first kappa shape index (κ1) is 21.1. The highest BCUT2D eigenvalue weighted by molar-refractivity contribution is 8.27. The third kappa shape index (κ3) is 3.62. The van der Waals surface area contributed by atoms with Crippen molar-refractivity contribution in [3.05, 3.63) is 94.1 Å². The number of rotatable bonds is 3. The average Bonchev–Trinajstić information content (AvgIpc) is 3.33. The predicted octanol–water partition coefficient (Wildman–Crippen LogP) is 5.21. The molecule has 0 fully saturated rings. The van der Waals surface area contributed by atoms with Crippen molar-refractivity contribution in [2.45, 2.75) is 20.8 Å². The number of aliphatic imine (C=N–C) groups is 1. The molecule has 5 rings (SSSR count). The second-order valence-corrected chi connectivity index (χ2v) is 8.84. The highest BCUT2D eigenvalue weighted by Gasteiger charge is 2.36. The summed E-state index contributed by atoms with van der Waals surface area (Å²) < 4.78 is 15.4. The standard InChI is InChI=1S/C25H20FN5OS/c1-14-6-4-5-7-21(14)30-15(2)12-18(16(30)3)13-20-22(27)31-25(28-23(20)32)33-24(29-31)17-8-10-19(26)11-9-17/h4-13,27H,1-3H3/b20-13+,27-22?. The smallest absolute Gasteiger partial charge is 0.283 e. The van der Waals surface area contributed by atoms with Gasteiger partial charge in [-0.25, -0.2) is 4.39 Å². The van der Waals surface area contributed by atoms with Crippen LogP contribution in [0, 0.1) is 32.0 Å². The topological polar surface area (TPSA) is 73.8 Å². The van der Waals surface area contributed by atoms with Crippen molar-refractivity contribution in [1.29, 1.82) is 5.41 Å². The molecule has 3 heterocycles. The molecule has 0 aliphatic carbocycles. The Kier molecular flexibility index (Phi) is 5.09. The normalized spacial score (nSPS) is 16.8. The number of carbonyl (C=O) groups is 1. The average molecular weight is 458 g/mol. The second-order valence-electron chi connectivity index (χ2n) is 7.88. The lowest BCUT2D eigenvalue weighted by Gasteiger charge is -2.20. The molecule has 6 nitrogen and oxygen atoms in total. The summed E-state index contributed by atoms with van der Waals surface area (Å²) in [5.41, 5.74) is 5.94. The molecular formula is C25H20FN5OS. The molecule has 0 saturated carbocycles. The molecule has 1 amide bonds. The van der Waals surface area contributed by atoms with Gasteiger partial charge >= 0.3 is 0 Å². The Morgan fingerprint density at radius 2 is 1.79 bits per heavy atom. The van der Waals surface area contributed by atoms with Gasteiger partial charge in [-0.3, -0.25) is 10.2 Å². The fourth-order valence-electron chi connectivity index (χ4n) is 3.98. The van der Waals surface area contributed by atoms with Gasteiger partial charge in [0.25, 0.3) is 5.91 Å². The molecule has 8 heteroatoms. The Hall–Kier alpha value is -3.78. The molecule has 2 aliphatic heterocycles. The summed E-state index contributed by atoms with van der Waals surface area (Å²) in [6.07, 6.45) is 1.71. The van der Waals surface area contributed by atoms with E-state index in [1.165, 1.54) is 28.9 Å². The first-order chi connectivity index (χ1) is 15.8. The van der Waals surface area contributed by atoms with Crippen LogP contribution in [0.1, 0.15) is 28.1 Å². The molecule has 1 N–H and O–H groups in total. The van der Waals surface area contributed by atoms with E-state index < -0.39 is 5.91 Å². The van der Waals surface area contributed by atoms with Crippen LogP contribution in [-0.2, 0) is 4.79 Å². The maximum Gasteiger partial charge on any atom is 0.283 e. The van der Waals surface area contributed by atoms with E-state index in [1.54, 1.807) is 18.2 Å². The van der Waals surface area contributed by atoms with Crippen molar-refractivity contribution in [3.63, 3.8) is 0 Å². The number of hydrogen-bond donors (Lipinski definition) is 1. The summed E-state index contributed by atoms with van der Waals surface area (Å²) in [5, 5.41) is 15.3. The fraction of sp³-hybridized carbons (Fsp3) is 0.120. The summed E-state index contributed by atoms with van der Waals surface area (Å²) in [6.45, 7) is 6.07. The van der Waals surface area contributed by atoms with Crippen molar-refractivity contribution < 1.29 is 9.18 Å². The van der Waals surface area contributed by atoms with Crippen molar-refractivity contribution in [2.75, 3.05) is 0 Å². The number of halogens is 1. The third-order valence-electron chi connectivity index (χ3n) is 5.67. The van der Waals surface area contributed by atoms with Crippen LogP contribution < -0.4 is 0 Å². The molecule has 2 aromatic carbocycles. The van der Waals surface area contributed by atoms with Gasteiger partial charge in [0.1, 0.15) is 10.9 Å². The molecule has 0 radical (unpaired) electrons. The Bertz CT molecular complexity index is 1420. The number of aromatic nitrogens is 1. The molecular weight excluding hydrogens is 437 g/mol. The summed E-state index contributed by atoms with van der Waals surface area (Å²) in [5.74, 6) is -0.848. The van der Waals surface area contributed by atoms with E-state index in [9.17, 15) is 9.18 Å². The number of aryl methyl sites for hydroxylation is 2. The molecule has 164 valence electrons. The number of hydrogen-bond acceptors (Lipinski definition) is 4. The first-order valence-corrected chi connectivity index (χ1v) is 11.2. The zero-order valence-corrected chi connectivity index (χ0v) is 19.1. The van der Waals surface area contributed by atoms with Gasteiger partial charge in [-0.15, -0.1) is 0 Å². The number of fused-ring (bicyclic) bond motifs is 1. The number of thioether (sulfide) groups is 1. The quantitative estimate of drug-likeness (QED) is 0.549. The van der Waals surface area contributed by atoms with Gasteiger partial charge < -0.3 is 4.57 Å². The zero-order chi connectivity index (χ0) is 23.3. The molecule has 3 aromatic rings. The highest BCUT2D eigenvalue weighted by Crippen LogP contribution is 2.32. The van der Waals surface area contributed by atoms with Crippen LogP contribution in [0.25, 0.3) is 11.8 Å². The third-order valence-corrected chi connectivity index (χ3v) is 6.63. The Morgan fingerprint density at radius 3 is 2.52 bits per heavy atom. The summed E-state index contributed by atoms with van der Waals surface area (Å²) in [6, 6.07) is 16.0. The highest BCUT2D eigenvalue weighted by atomic mass is 32.2. The zero-order valence-electron chi connectivity index (χ0n) is 18.3. The maximum atomic E-state index is 13.3. The molecule has 0 saturated heterocycles. The van der Waals surface area contributed by atoms with E-state index >= 15 is 0 Å². The Morgan fingerprint density at radius 1 is 1.06 bits per heavy atom. The Labute approximate surface area is 194 Å². The van der Waals surface area contributed by atoms with Gasteiger partial charge in [0.05, 0.1) is 5.57 Å². The van der Waals surface area contributed by atoms with E-state index in [1.807, 2.05) is 32.0 Å². The molecule has 0 bridgehead atoms. The Balaban J connectivity index is 1.52. The minimum atomic E-state index is -0.477. The lowest BCUT2D eigenvalue weighted by Crippen LogP contribution is -2.35. The first-order valence-electron chi connectivity index (χ1n) is 10.3. The van der Waals surface area contributed by atoms with Gasteiger partial charge in [0, 0.05) is 22.6 Å². The molecule has 0 unspecified atom stereocenters. The van der Waals surface area contributed by atoms with Crippen LogP contribution in [0.3, 0.4) is 0 Å². The van der Waals surface area contributed by atoms with E-state index in [2.05, 4.69) is 33.7 Å². The van der Waals surface area contributed by atoms with Crippen LogP contribution in [0.5, 0.6) is 0 Å². The lowest BCUT2D eigenvalue weighted by atomic mass is 10.1. The summed E-state index contributed by atoms with van der Waals surface area (Å²) >= 11 is 1.19. The van der Waals surface area contributed by atoms with Gasteiger partial charge in [0.2, 0.25) is 5.17 Å². The van der Waals surface area contributed by atoms with Crippen LogP contribution in [0.15, 0.2) is 70.3 Å². The predicted molar refractivity (Wildman–Crippen MR) is 130 cm³/mol. The van der Waals surface area contributed by atoms with E-state index in [-0.39, 0.29) is 17.2 Å².